The number of hydrogen-bond donors (Lipinski definition) is 1. The summed E-state index contributed by atoms with van der Waals surface area (Å²) in [4.78, 5) is 14.5. The van der Waals surface area contributed by atoms with Gasteiger partial charge >= 0.3 is 0 Å². The smallest absolute Gasteiger partial charge is 0.227 e. The van der Waals surface area contributed by atoms with Gasteiger partial charge in [-0.05, 0) is 56.8 Å². The van der Waals surface area contributed by atoms with Crippen LogP contribution >= 0.6 is 0 Å². The van der Waals surface area contributed by atoms with Crippen LogP contribution in [0.3, 0.4) is 0 Å². The van der Waals surface area contributed by atoms with Gasteiger partial charge in [-0.25, -0.2) is 4.39 Å². The Bertz CT molecular complexity index is 591. The first-order valence-corrected chi connectivity index (χ1v) is 8.50. The second-order valence-corrected chi connectivity index (χ2v) is 7.15. The molecule has 1 unspecified atom stereocenters. The van der Waals surface area contributed by atoms with Gasteiger partial charge in [-0.2, -0.15) is 0 Å². The molecule has 0 aromatic heterocycles. The van der Waals surface area contributed by atoms with Gasteiger partial charge in [-0.15, -0.1) is 0 Å². The molecule has 1 aromatic carbocycles. The van der Waals surface area contributed by atoms with Crippen molar-refractivity contribution in [3.8, 4) is 0 Å². The van der Waals surface area contributed by atoms with Gasteiger partial charge in [0.25, 0.3) is 0 Å². The summed E-state index contributed by atoms with van der Waals surface area (Å²) in [5.74, 6) is 0.659. The highest BCUT2D eigenvalue weighted by Gasteiger charge is 2.49. The summed E-state index contributed by atoms with van der Waals surface area (Å²) in [6, 6.07) is 5.19. The first-order valence-electron chi connectivity index (χ1n) is 8.50. The van der Waals surface area contributed by atoms with E-state index in [1.54, 1.807) is 6.07 Å². The van der Waals surface area contributed by atoms with Crippen molar-refractivity contribution in [1.82, 2.24) is 5.32 Å². The Kier molecular flexibility index (Phi) is 3.44. The average molecular weight is 302 g/mol. The van der Waals surface area contributed by atoms with Crippen molar-refractivity contribution in [3.63, 3.8) is 0 Å². The fraction of sp³-hybridized carbons (Fsp3) is 0.611. The molecular formula is C18H23FN2O. The van der Waals surface area contributed by atoms with Crippen LogP contribution < -0.4 is 10.2 Å². The van der Waals surface area contributed by atoms with Gasteiger partial charge in [0.1, 0.15) is 5.82 Å². The zero-order valence-corrected chi connectivity index (χ0v) is 12.9. The van der Waals surface area contributed by atoms with E-state index < -0.39 is 0 Å². The maximum absolute atomic E-state index is 14.3. The van der Waals surface area contributed by atoms with E-state index in [0.29, 0.717) is 18.9 Å². The molecule has 1 amide bonds. The molecule has 1 aliphatic carbocycles. The van der Waals surface area contributed by atoms with Crippen LogP contribution in [0.15, 0.2) is 18.2 Å². The molecule has 1 saturated heterocycles. The lowest BCUT2D eigenvalue weighted by Gasteiger charge is -2.39. The van der Waals surface area contributed by atoms with Crippen molar-refractivity contribution in [2.45, 2.75) is 43.9 Å². The van der Waals surface area contributed by atoms with Gasteiger partial charge in [-0.1, -0.05) is 12.5 Å². The number of benzene rings is 1. The molecule has 3 nitrogen and oxygen atoms in total. The van der Waals surface area contributed by atoms with Gasteiger partial charge in [0.05, 0.1) is 5.69 Å². The molecule has 2 heterocycles. The van der Waals surface area contributed by atoms with Crippen LogP contribution in [0.2, 0.25) is 0 Å². The molecule has 1 saturated carbocycles. The van der Waals surface area contributed by atoms with E-state index in [9.17, 15) is 9.18 Å². The number of halogens is 1. The summed E-state index contributed by atoms with van der Waals surface area (Å²) in [5, 5.41) is 3.35. The maximum atomic E-state index is 14.3. The third-order valence-electron chi connectivity index (χ3n) is 5.81. The summed E-state index contributed by atoms with van der Waals surface area (Å²) < 4.78 is 14.3. The van der Waals surface area contributed by atoms with E-state index >= 15 is 0 Å². The lowest BCUT2D eigenvalue weighted by atomic mass is 9.65. The Labute approximate surface area is 130 Å². The molecule has 1 atom stereocenters. The van der Waals surface area contributed by atoms with E-state index in [-0.39, 0.29) is 17.1 Å². The first kappa shape index (κ1) is 14.2. The monoisotopic (exact) mass is 302 g/mol. The zero-order valence-electron chi connectivity index (χ0n) is 12.9. The van der Waals surface area contributed by atoms with Gasteiger partial charge in [-0.3, -0.25) is 4.79 Å². The third kappa shape index (κ3) is 2.16. The highest BCUT2D eigenvalue weighted by molar-refractivity contribution is 5.96. The van der Waals surface area contributed by atoms with Crippen molar-refractivity contribution in [2.24, 2.45) is 5.92 Å². The number of hydrogen-bond acceptors (Lipinski definition) is 2. The van der Waals surface area contributed by atoms with E-state index in [4.69, 9.17) is 0 Å². The number of amides is 1. The summed E-state index contributed by atoms with van der Waals surface area (Å²) >= 11 is 0. The molecule has 1 aromatic rings. The van der Waals surface area contributed by atoms with E-state index in [0.717, 1.165) is 50.0 Å². The van der Waals surface area contributed by atoms with E-state index in [2.05, 4.69) is 5.32 Å². The van der Waals surface area contributed by atoms with Crippen molar-refractivity contribution >= 4 is 11.6 Å². The Balaban J connectivity index is 1.53. The molecule has 22 heavy (non-hydrogen) atoms. The van der Waals surface area contributed by atoms with Crippen molar-refractivity contribution in [3.05, 3.63) is 29.6 Å². The molecule has 0 bridgehead atoms. The minimum absolute atomic E-state index is 0.0920. The molecule has 1 N–H and O–H groups in total. The van der Waals surface area contributed by atoms with Gasteiger partial charge < -0.3 is 10.2 Å². The van der Waals surface area contributed by atoms with Crippen LogP contribution in [-0.4, -0.2) is 25.5 Å². The predicted molar refractivity (Wildman–Crippen MR) is 84.5 cm³/mol. The molecule has 3 aliphatic rings. The highest BCUT2D eigenvalue weighted by atomic mass is 19.1. The van der Waals surface area contributed by atoms with E-state index in [1.165, 1.54) is 12.5 Å². The lowest BCUT2D eigenvalue weighted by molar-refractivity contribution is -0.119. The van der Waals surface area contributed by atoms with Crippen LogP contribution in [0.1, 0.15) is 44.1 Å². The third-order valence-corrected chi connectivity index (χ3v) is 5.81. The van der Waals surface area contributed by atoms with Gasteiger partial charge in [0.15, 0.2) is 0 Å². The van der Waals surface area contributed by atoms with Crippen LogP contribution in [0.5, 0.6) is 0 Å². The summed E-state index contributed by atoms with van der Waals surface area (Å²) in [6.07, 6.45) is 5.86. The molecule has 2 aliphatic heterocycles. The predicted octanol–water partition coefficient (Wildman–Crippen LogP) is 2.98. The maximum Gasteiger partial charge on any atom is 0.227 e. The SMILES string of the molecule is O=C(CCC1CCNC1)N1CC2(CCC2)c2c(F)cccc21. The second-order valence-electron chi connectivity index (χ2n) is 7.15. The Morgan fingerprint density at radius 3 is 2.95 bits per heavy atom. The lowest BCUT2D eigenvalue weighted by Crippen LogP contribution is -2.41. The number of carbonyl (C=O) groups excluding carboxylic acids is 1. The fourth-order valence-electron chi connectivity index (χ4n) is 4.39. The van der Waals surface area contributed by atoms with Gasteiger partial charge in [0.2, 0.25) is 5.91 Å². The zero-order chi connectivity index (χ0) is 15.2. The molecule has 1 spiro atoms. The number of fused-ring (bicyclic) bond motifs is 2. The summed E-state index contributed by atoms with van der Waals surface area (Å²) in [5.41, 5.74) is 1.54. The second kappa shape index (κ2) is 5.34. The van der Waals surface area contributed by atoms with Crippen LogP contribution in [0, 0.1) is 11.7 Å². The number of nitrogens with one attached hydrogen (secondary N) is 1. The quantitative estimate of drug-likeness (QED) is 0.931. The fourth-order valence-corrected chi connectivity index (χ4v) is 4.39. The minimum atomic E-state index is -0.132. The minimum Gasteiger partial charge on any atom is -0.316 e. The standard InChI is InChI=1S/C18H23FN2O/c19-14-3-1-4-15-17(14)18(8-2-9-18)12-21(15)16(22)6-5-13-7-10-20-11-13/h1,3-4,13,20H,2,5-12H2. The van der Waals surface area contributed by atoms with Crippen molar-refractivity contribution < 1.29 is 9.18 Å². The van der Waals surface area contributed by atoms with Gasteiger partial charge in [0, 0.05) is 23.9 Å². The molecule has 0 radical (unpaired) electrons. The molecule has 4 heteroatoms. The van der Waals surface area contributed by atoms with Crippen LogP contribution in [0.4, 0.5) is 10.1 Å². The summed E-state index contributed by atoms with van der Waals surface area (Å²) in [7, 11) is 0. The molecule has 4 rings (SSSR count). The number of anilines is 1. The molecule has 118 valence electrons. The highest BCUT2D eigenvalue weighted by Crippen LogP contribution is 2.53. The normalized spacial score (nSPS) is 25.3. The molecule has 2 fully saturated rings. The first-order chi connectivity index (χ1) is 10.7. The van der Waals surface area contributed by atoms with Crippen molar-refractivity contribution in [2.75, 3.05) is 24.5 Å². The number of carbonyl (C=O) groups is 1. The molecular weight excluding hydrogens is 279 g/mol. The van der Waals surface area contributed by atoms with Crippen molar-refractivity contribution in [1.29, 1.82) is 0 Å². The Morgan fingerprint density at radius 1 is 1.41 bits per heavy atom. The topological polar surface area (TPSA) is 32.3 Å². The Hall–Kier alpha value is -1.42. The number of nitrogens with zero attached hydrogens (tertiary/aromatic N) is 1. The summed E-state index contributed by atoms with van der Waals surface area (Å²) in [6.45, 7) is 2.78. The van der Waals surface area contributed by atoms with E-state index in [1.807, 2.05) is 11.0 Å². The van der Waals surface area contributed by atoms with Crippen LogP contribution in [0.25, 0.3) is 0 Å². The largest absolute Gasteiger partial charge is 0.316 e. The number of rotatable bonds is 3. The van der Waals surface area contributed by atoms with Crippen LogP contribution in [-0.2, 0) is 10.2 Å². The average Bonchev–Trinajstić information content (AvgIpc) is 3.10. The Morgan fingerprint density at radius 2 is 2.27 bits per heavy atom.